The first-order chi connectivity index (χ1) is 14.8. The summed E-state index contributed by atoms with van der Waals surface area (Å²) < 4.78 is 0. The van der Waals surface area contributed by atoms with Crippen LogP contribution < -0.4 is 0 Å². The number of unbranched alkanes of at least 4 members (excludes halogenated alkanes) is 5. The standard InChI is InChI=1S/C27H38N2O/c1-2-3-4-5-6-9-18-28-22-29-19-16-23(17-20-29)21-25-10-7-8-11-27(25)24-12-14-26(30)15-13-24/h7-8,10-15,22-23,30H,2-6,9,16-21H2,1H3. The number of phenols is 1. The van der Waals surface area contributed by atoms with Gasteiger partial charge < -0.3 is 10.0 Å². The van der Waals surface area contributed by atoms with E-state index in [-0.39, 0.29) is 0 Å². The number of aliphatic imine (C=N–C) groups is 1. The Kier molecular flexibility index (Phi) is 9.27. The fraction of sp³-hybridized carbons (Fsp3) is 0.519. The highest BCUT2D eigenvalue weighted by atomic mass is 16.3. The third kappa shape index (κ3) is 7.19. The normalized spacial score (nSPS) is 15.2. The molecule has 1 heterocycles. The minimum atomic E-state index is 0.321. The number of phenolic OH excluding ortho intramolecular Hbond substituents is 1. The average molecular weight is 407 g/mol. The van der Waals surface area contributed by atoms with Gasteiger partial charge in [0.25, 0.3) is 0 Å². The van der Waals surface area contributed by atoms with Gasteiger partial charge in [-0.2, -0.15) is 0 Å². The summed E-state index contributed by atoms with van der Waals surface area (Å²) in [5.41, 5.74) is 3.89. The summed E-state index contributed by atoms with van der Waals surface area (Å²) in [6.07, 6.45) is 13.7. The van der Waals surface area contributed by atoms with Crippen molar-refractivity contribution in [3.8, 4) is 16.9 Å². The van der Waals surface area contributed by atoms with Gasteiger partial charge in [-0.25, -0.2) is 0 Å². The van der Waals surface area contributed by atoms with E-state index < -0.39 is 0 Å². The highest BCUT2D eigenvalue weighted by Crippen LogP contribution is 2.29. The van der Waals surface area contributed by atoms with Gasteiger partial charge in [-0.05, 0) is 60.4 Å². The molecule has 0 saturated carbocycles. The van der Waals surface area contributed by atoms with Crippen LogP contribution in [-0.4, -0.2) is 36.0 Å². The van der Waals surface area contributed by atoms with Gasteiger partial charge in [-0.1, -0.05) is 75.4 Å². The number of likely N-dealkylation sites (tertiary alicyclic amines) is 1. The zero-order valence-electron chi connectivity index (χ0n) is 18.6. The second-order valence-corrected chi connectivity index (χ2v) is 8.68. The molecule has 2 aromatic rings. The summed E-state index contributed by atoms with van der Waals surface area (Å²) in [5.74, 6) is 1.05. The smallest absolute Gasteiger partial charge is 0.115 e. The maximum atomic E-state index is 9.58. The van der Waals surface area contributed by atoms with Crippen LogP contribution in [0.5, 0.6) is 5.75 Å². The second-order valence-electron chi connectivity index (χ2n) is 8.68. The quantitative estimate of drug-likeness (QED) is 0.256. The fourth-order valence-corrected chi connectivity index (χ4v) is 4.36. The molecule has 2 aromatic carbocycles. The largest absolute Gasteiger partial charge is 0.508 e. The molecule has 0 atom stereocenters. The molecule has 1 aliphatic rings. The van der Waals surface area contributed by atoms with E-state index in [0.717, 1.165) is 32.0 Å². The average Bonchev–Trinajstić information content (AvgIpc) is 2.78. The first-order valence-corrected chi connectivity index (χ1v) is 11.9. The molecule has 162 valence electrons. The maximum absolute atomic E-state index is 9.58. The molecular weight excluding hydrogens is 368 g/mol. The molecule has 0 amide bonds. The van der Waals surface area contributed by atoms with Gasteiger partial charge in [0.05, 0.1) is 6.34 Å². The summed E-state index contributed by atoms with van der Waals surface area (Å²) in [4.78, 5) is 7.07. The lowest BCUT2D eigenvalue weighted by Crippen LogP contribution is -2.33. The Labute approximate surface area is 182 Å². The second kappa shape index (κ2) is 12.4. The van der Waals surface area contributed by atoms with Crippen LogP contribution >= 0.6 is 0 Å². The Hall–Kier alpha value is -2.29. The molecule has 3 rings (SSSR count). The molecule has 0 unspecified atom stereocenters. The molecular formula is C27H38N2O. The van der Waals surface area contributed by atoms with Crippen LogP contribution in [0.15, 0.2) is 53.5 Å². The highest BCUT2D eigenvalue weighted by molar-refractivity contribution is 5.68. The Morgan fingerprint density at radius 3 is 2.40 bits per heavy atom. The predicted octanol–water partition coefficient (Wildman–Crippen LogP) is 6.70. The van der Waals surface area contributed by atoms with Crippen molar-refractivity contribution in [2.75, 3.05) is 19.6 Å². The molecule has 3 nitrogen and oxygen atoms in total. The minimum absolute atomic E-state index is 0.321. The zero-order valence-corrected chi connectivity index (χ0v) is 18.6. The lowest BCUT2D eigenvalue weighted by atomic mass is 9.87. The van der Waals surface area contributed by atoms with Crippen LogP contribution in [0.1, 0.15) is 63.9 Å². The van der Waals surface area contributed by atoms with Crippen molar-refractivity contribution in [1.29, 1.82) is 0 Å². The number of benzene rings is 2. The van der Waals surface area contributed by atoms with Crippen molar-refractivity contribution in [2.24, 2.45) is 10.9 Å². The van der Waals surface area contributed by atoms with Crippen LogP contribution in [0, 0.1) is 5.92 Å². The molecule has 0 radical (unpaired) electrons. The van der Waals surface area contributed by atoms with E-state index in [1.165, 1.54) is 68.1 Å². The van der Waals surface area contributed by atoms with Gasteiger partial charge in [-0.15, -0.1) is 0 Å². The molecule has 0 spiro atoms. The highest BCUT2D eigenvalue weighted by Gasteiger charge is 2.19. The van der Waals surface area contributed by atoms with Gasteiger partial charge in [-0.3, -0.25) is 4.99 Å². The van der Waals surface area contributed by atoms with Gasteiger partial charge in [0.15, 0.2) is 0 Å². The number of hydrogen-bond acceptors (Lipinski definition) is 2. The van der Waals surface area contributed by atoms with Gasteiger partial charge >= 0.3 is 0 Å². The van der Waals surface area contributed by atoms with Crippen molar-refractivity contribution in [1.82, 2.24) is 4.90 Å². The third-order valence-corrected chi connectivity index (χ3v) is 6.24. The molecule has 3 heteroatoms. The number of rotatable bonds is 11. The van der Waals surface area contributed by atoms with Crippen LogP contribution in [0.3, 0.4) is 0 Å². The predicted molar refractivity (Wildman–Crippen MR) is 128 cm³/mol. The van der Waals surface area contributed by atoms with E-state index in [1.54, 1.807) is 12.1 Å². The SMILES string of the molecule is CCCCCCCCN=CN1CCC(Cc2ccccc2-c2ccc(O)cc2)CC1. The number of aromatic hydroxyl groups is 1. The summed E-state index contributed by atoms with van der Waals surface area (Å²) in [7, 11) is 0. The van der Waals surface area contributed by atoms with Gasteiger partial charge in [0.1, 0.15) is 5.75 Å². The Bertz CT molecular complexity index is 761. The topological polar surface area (TPSA) is 35.8 Å². The Balaban J connectivity index is 1.42. The summed E-state index contributed by atoms with van der Waals surface area (Å²) >= 11 is 0. The summed E-state index contributed by atoms with van der Waals surface area (Å²) in [6, 6.07) is 16.3. The molecule has 0 aromatic heterocycles. The van der Waals surface area contributed by atoms with E-state index >= 15 is 0 Å². The van der Waals surface area contributed by atoms with E-state index in [0.29, 0.717) is 5.75 Å². The van der Waals surface area contributed by atoms with Crippen LogP contribution in [0.25, 0.3) is 11.1 Å². The first-order valence-electron chi connectivity index (χ1n) is 11.9. The van der Waals surface area contributed by atoms with Crippen molar-refractivity contribution in [2.45, 2.75) is 64.7 Å². The lowest BCUT2D eigenvalue weighted by molar-refractivity contribution is 0.270. The Morgan fingerprint density at radius 2 is 1.63 bits per heavy atom. The summed E-state index contributed by atoms with van der Waals surface area (Å²) in [5, 5.41) is 9.58. The van der Waals surface area contributed by atoms with E-state index in [1.807, 2.05) is 12.1 Å². The summed E-state index contributed by atoms with van der Waals surface area (Å²) in [6.45, 7) is 5.48. The number of hydrogen-bond donors (Lipinski definition) is 1. The molecule has 0 bridgehead atoms. The maximum Gasteiger partial charge on any atom is 0.115 e. The Morgan fingerprint density at radius 1 is 0.933 bits per heavy atom. The molecule has 1 aliphatic heterocycles. The van der Waals surface area contributed by atoms with Gasteiger partial charge in [0.2, 0.25) is 0 Å². The molecule has 1 fully saturated rings. The van der Waals surface area contributed by atoms with Crippen molar-refractivity contribution < 1.29 is 5.11 Å². The third-order valence-electron chi connectivity index (χ3n) is 6.24. The van der Waals surface area contributed by atoms with Crippen LogP contribution in [0.2, 0.25) is 0 Å². The van der Waals surface area contributed by atoms with Gasteiger partial charge in [0, 0.05) is 19.6 Å². The van der Waals surface area contributed by atoms with Crippen LogP contribution in [0.4, 0.5) is 0 Å². The molecule has 0 aliphatic carbocycles. The minimum Gasteiger partial charge on any atom is -0.508 e. The van der Waals surface area contributed by atoms with Crippen molar-refractivity contribution in [3.05, 3.63) is 54.1 Å². The van der Waals surface area contributed by atoms with E-state index in [9.17, 15) is 5.11 Å². The molecule has 1 N–H and O–H groups in total. The number of piperidine rings is 1. The van der Waals surface area contributed by atoms with Crippen molar-refractivity contribution in [3.63, 3.8) is 0 Å². The van der Waals surface area contributed by atoms with E-state index in [2.05, 4.69) is 47.4 Å². The fourth-order valence-electron chi connectivity index (χ4n) is 4.36. The monoisotopic (exact) mass is 406 g/mol. The van der Waals surface area contributed by atoms with E-state index in [4.69, 9.17) is 0 Å². The van der Waals surface area contributed by atoms with Crippen LogP contribution in [-0.2, 0) is 6.42 Å². The molecule has 30 heavy (non-hydrogen) atoms. The lowest BCUT2D eigenvalue weighted by Gasteiger charge is -2.31. The number of nitrogens with zero attached hydrogens (tertiary/aromatic N) is 2. The molecule has 1 saturated heterocycles. The zero-order chi connectivity index (χ0) is 21.0. The van der Waals surface area contributed by atoms with Crippen molar-refractivity contribution >= 4 is 6.34 Å². The first kappa shape index (κ1) is 22.4.